The summed E-state index contributed by atoms with van der Waals surface area (Å²) in [4.78, 5) is 4.93. The van der Waals surface area contributed by atoms with Crippen molar-refractivity contribution < 1.29 is 0 Å². The Bertz CT molecular complexity index is 549. The third kappa shape index (κ3) is 2.63. The van der Waals surface area contributed by atoms with Gasteiger partial charge in [-0.1, -0.05) is 19.1 Å². The Morgan fingerprint density at radius 3 is 2.65 bits per heavy atom. The van der Waals surface area contributed by atoms with Crippen LogP contribution in [0.3, 0.4) is 0 Å². The maximum atomic E-state index is 8.97. The molecule has 2 aromatic rings. The minimum atomic E-state index is 0.627. The zero-order chi connectivity index (χ0) is 12.3. The minimum Gasteiger partial charge on any atom is -0.338 e. The van der Waals surface area contributed by atoms with E-state index >= 15 is 0 Å². The molecule has 0 fully saturated rings. The van der Waals surface area contributed by atoms with Crippen molar-refractivity contribution in [2.75, 3.05) is 5.32 Å². The lowest BCUT2D eigenvalue weighted by Crippen LogP contribution is -1.93. The molecule has 0 spiro atoms. The molecule has 0 saturated heterocycles. The van der Waals surface area contributed by atoms with Gasteiger partial charge in [-0.3, -0.25) is 0 Å². The lowest BCUT2D eigenvalue weighted by Gasteiger charge is -2.04. The van der Waals surface area contributed by atoms with Crippen LogP contribution >= 0.6 is 11.3 Å². The average molecular weight is 243 g/mol. The van der Waals surface area contributed by atoms with Gasteiger partial charge in [0.2, 0.25) is 0 Å². The second-order valence-corrected chi connectivity index (χ2v) is 4.90. The Kier molecular flexibility index (Phi) is 3.40. The van der Waals surface area contributed by atoms with Crippen LogP contribution in [0.5, 0.6) is 0 Å². The molecule has 1 aromatic carbocycles. The highest BCUT2D eigenvalue weighted by Crippen LogP contribution is 2.25. The molecule has 1 heterocycles. The molecule has 17 heavy (non-hydrogen) atoms. The first-order valence-electron chi connectivity index (χ1n) is 5.46. The first kappa shape index (κ1) is 11.6. The smallest absolute Gasteiger partial charge is 0.159 e. The topological polar surface area (TPSA) is 48.7 Å². The summed E-state index contributed by atoms with van der Waals surface area (Å²) in [5.41, 5.74) is 2.26. The van der Waals surface area contributed by atoms with E-state index in [0.29, 0.717) is 10.7 Å². The van der Waals surface area contributed by atoms with Gasteiger partial charge in [-0.15, -0.1) is 11.3 Å². The fourth-order valence-corrected chi connectivity index (χ4v) is 2.22. The monoisotopic (exact) mass is 243 g/mol. The number of aryl methyl sites for hydroxylation is 2. The molecule has 0 aliphatic rings. The molecule has 4 heteroatoms. The average Bonchev–Trinajstić information content (AvgIpc) is 2.70. The van der Waals surface area contributed by atoms with Crippen LogP contribution in [0.25, 0.3) is 0 Å². The van der Waals surface area contributed by atoms with E-state index in [9.17, 15) is 0 Å². The van der Waals surface area contributed by atoms with Gasteiger partial charge in [0.05, 0.1) is 5.01 Å². The zero-order valence-corrected chi connectivity index (χ0v) is 10.6. The van der Waals surface area contributed by atoms with Crippen molar-refractivity contribution >= 4 is 22.8 Å². The van der Waals surface area contributed by atoms with Crippen LogP contribution in [0.4, 0.5) is 11.5 Å². The van der Waals surface area contributed by atoms with Gasteiger partial charge >= 0.3 is 0 Å². The van der Waals surface area contributed by atoms with Gasteiger partial charge < -0.3 is 5.32 Å². The Hall–Kier alpha value is -1.86. The number of hydrogen-bond donors (Lipinski definition) is 1. The third-order valence-electron chi connectivity index (χ3n) is 2.46. The molecule has 0 saturated carbocycles. The minimum absolute atomic E-state index is 0.627. The summed E-state index contributed by atoms with van der Waals surface area (Å²) in [6.07, 6.45) is 1.03. The number of nitrogens with zero attached hydrogens (tertiary/aromatic N) is 2. The third-order valence-corrected chi connectivity index (χ3v) is 3.34. The van der Waals surface area contributed by atoms with Crippen molar-refractivity contribution in [3.63, 3.8) is 0 Å². The number of nitriles is 1. The highest BCUT2D eigenvalue weighted by atomic mass is 32.1. The van der Waals surface area contributed by atoms with Gasteiger partial charge in [0.25, 0.3) is 0 Å². The Morgan fingerprint density at radius 1 is 1.35 bits per heavy atom. The molecule has 2 rings (SSSR count). The van der Waals surface area contributed by atoms with E-state index in [-0.39, 0.29) is 0 Å². The lowest BCUT2D eigenvalue weighted by atomic mass is 10.1. The number of benzene rings is 1. The van der Waals surface area contributed by atoms with Crippen LogP contribution < -0.4 is 5.32 Å². The molecular formula is C13H13N3S. The maximum Gasteiger partial charge on any atom is 0.159 e. The van der Waals surface area contributed by atoms with E-state index < -0.39 is 0 Å². The number of anilines is 2. The first-order valence-corrected chi connectivity index (χ1v) is 6.28. The molecule has 0 aliphatic carbocycles. The predicted molar refractivity (Wildman–Crippen MR) is 70.7 cm³/mol. The zero-order valence-electron chi connectivity index (χ0n) is 9.82. The largest absolute Gasteiger partial charge is 0.338 e. The standard InChI is InChI=1S/C13H13N3S/c1-3-10-4-6-11(7-5-10)16-13-12(8-14)17-9(2)15-13/h4-7,16H,3H2,1-2H3. The van der Waals surface area contributed by atoms with Gasteiger partial charge in [0, 0.05) is 5.69 Å². The fourth-order valence-electron chi connectivity index (χ4n) is 1.55. The molecule has 0 bridgehead atoms. The van der Waals surface area contributed by atoms with E-state index in [4.69, 9.17) is 5.26 Å². The molecule has 1 aromatic heterocycles. The van der Waals surface area contributed by atoms with Crippen LogP contribution in [0.1, 0.15) is 22.4 Å². The van der Waals surface area contributed by atoms with Gasteiger partial charge in [-0.05, 0) is 31.0 Å². The molecule has 0 radical (unpaired) electrons. The molecule has 1 N–H and O–H groups in total. The first-order chi connectivity index (χ1) is 8.22. The Labute approximate surface area is 105 Å². The van der Waals surface area contributed by atoms with Crippen LogP contribution in [0.2, 0.25) is 0 Å². The SMILES string of the molecule is CCc1ccc(Nc2nc(C)sc2C#N)cc1. The summed E-state index contributed by atoms with van der Waals surface area (Å²) < 4.78 is 0. The van der Waals surface area contributed by atoms with E-state index in [2.05, 4.69) is 35.4 Å². The van der Waals surface area contributed by atoms with Crippen molar-refractivity contribution in [3.8, 4) is 6.07 Å². The van der Waals surface area contributed by atoms with Crippen LogP contribution in [0.15, 0.2) is 24.3 Å². The molecule has 0 aliphatic heterocycles. The lowest BCUT2D eigenvalue weighted by molar-refractivity contribution is 1.14. The van der Waals surface area contributed by atoms with Gasteiger partial charge in [-0.25, -0.2) is 4.98 Å². The fraction of sp³-hybridized carbons (Fsp3) is 0.231. The number of thiazole rings is 1. The highest BCUT2D eigenvalue weighted by molar-refractivity contribution is 7.12. The van der Waals surface area contributed by atoms with E-state index in [1.807, 2.05) is 19.1 Å². The Balaban J connectivity index is 2.22. The van der Waals surface area contributed by atoms with Crippen molar-refractivity contribution in [1.82, 2.24) is 4.98 Å². The summed E-state index contributed by atoms with van der Waals surface area (Å²) in [7, 11) is 0. The second-order valence-electron chi connectivity index (χ2n) is 3.70. The molecular weight excluding hydrogens is 230 g/mol. The summed E-state index contributed by atoms with van der Waals surface area (Å²) in [6.45, 7) is 4.02. The van der Waals surface area contributed by atoms with E-state index in [1.165, 1.54) is 16.9 Å². The predicted octanol–water partition coefficient (Wildman–Crippen LogP) is 3.63. The summed E-state index contributed by atoms with van der Waals surface area (Å²) >= 11 is 1.41. The van der Waals surface area contributed by atoms with Crippen LogP contribution in [-0.2, 0) is 6.42 Å². The number of nitrogens with one attached hydrogen (secondary N) is 1. The van der Waals surface area contributed by atoms with Crippen molar-refractivity contribution in [1.29, 1.82) is 5.26 Å². The quantitative estimate of drug-likeness (QED) is 0.895. The van der Waals surface area contributed by atoms with Gasteiger partial charge in [-0.2, -0.15) is 5.26 Å². The normalized spacial score (nSPS) is 9.94. The number of hydrogen-bond acceptors (Lipinski definition) is 4. The highest BCUT2D eigenvalue weighted by Gasteiger charge is 2.08. The molecule has 0 amide bonds. The molecule has 0 unspecified atom stereocenters. The van der Waals surface area contributed by atoms with Crippen LogP contribution in [0, 0.1) is 18.3 Å². The van der Waals surface area contributed by atoms with Crippen molar-refractivity contribution in [2.24, 2.45) is 0 Å². The van der Waals surface area contributed by atoms with E-state index in [0.717, 1.165) is 17.1 Å². The second kappa shape index (κ2) is 4.98. The van der Waals surface area contributed by atoms with Crippen molar-refractivity contribution in [2.45, 2.75) is 20.3 Å². The maximum absolute atomic E-state index is 8.97. The number of rotatable bonds is 3. The summed E-state index contributed by atoms with van der Waals surface area (Å²) in [5.74, 6) is 0.652. The molecule has 3 nitrogen and oxygen atoms in total. The molecule has 86 valence electrons. The number of aromatic nitrogens is 1. The summed E-state index contributed by atoms with van der Waals surface area (Å²) in [5, 5.41) is 13.0. The summed E-state index contributed by atoms with van der Waals surface area (Å²) in [6, 6.07) is 10.3. The van der Waals surface area contributed by atoms with Crippen LogP contribution in [-0.4, -0.2) is 4.98 Å². The molecule has 0 atom stereocenters. The Morgan fingerprint density at radius 2 is 2.06 bits per heavy atom. The van der Waals surface area contributed by atoms with E-state index in [1.54, 1.807) is 0 Å². The van der Waals surface area contributed by atoms with Crippen molar-refractivity contribution in [3.05, 3.63) is 39.7 Å². The van der Waals surface area contributed by atoms with Gasteiger partial charge in [0.15, 0.2) is 5.82 Å². The van der Waals surface area contributed by atoms with Gasteiger partial charge in [0.1, 0.15) is 10.9 Å².